The molecule has 124 valence electrons. The molecule has 1 aromatic heterocycles. The number of rotatable bonds is 5. The monoisotopic (exact) mass is 314 g/mol. The second-order valence-electron chi connectivity index (χ2n) is 6.31. The van der Waals surface area contributed by atoms with Gasteiger partial charge in [0.25, 0.3) is 5.91 Å². The Balaban J connectivity index is 1.52. The SMILES string of the molecule is CCN1CCN([C@H](C)CNC(=O)c2ccc3cc[nH]c3c2)CC1. The molecular weight excluding hydrogens is 288 g/mol. The van der Waals surface area contributed by atoms with E-state index in [9.17, 15) is 4.79 Å². The van der Waals surface area contributed by atoms with Crippen LogP contribution in [0.2, 0.25) is 0 Å². The maximum atomic E-state index is 12.3. The van der Waals surface area contributed by atoms with Crippen molar-refractivity contribution in [2.24, 2.45) is 0 Å². The van der Waals surface area contributed by atoms with Crippen molar-refractivity contribution < 1.29 is 4.79 Å². The standard InChI is InChI=1S/C18H26N4O/c1-3-21-8-10-22(11-9-21)14(2)13-20-18(23)16-5-4-15-6-7-19-17(15)12-16/h4-7,12,14,19H,3,8-11,13H2,1-2H3,(H,20,23)/t14-/m1/s1. The van der Waals surface area contributed by atoms with Gasteiger partial charge in [0.15, 0.2) is 0 Å². The Morgan fingerprint density at radius 1 is 1.26 bits per heavy atom. The number of fused-ring (bicyclic) bond motifs is 1. The summed E-state index contributed by atoms with van der Waals surface area (Å²) in [6.45, 7) is 10.6. The average Bonchev–Trinajstić information content (AvgIpc) is 3.07. The molecule has 1 atom stereocenters. The zero-order chi connectivity index (χ0) is 16.2. The van der Waals surface area contributed by atoms with E-state index in [1.807, 2.05) is 30.5 Å². The van der Waals surface area contributed by atoms with Gasteiger partial charge in [-0.25, -0.2) is 0 Å². The van der Waals surface area contributed by atoms with Crippen LogP contribution in [-0.4, -0.2) is 66.0 Å². The van der Waals surface area contributed by atoms with Crippen molar-refractivity contribution in [1.29, 1.82) is 0 Å². The van der Waals surface area contributed by atoms with Crippen LogP contribution in [0.5, 0.6) is 0 Å². The number of nitrogens with zero attached hydrogens (tertiary/aromatic N) is 2. The molecule has 1 fully saturated rings. The number of aromatic amines is 1. The molecule has 2 N–H and O–H groups in total. The number of hydrogen-bond acceptors (Lipinski definition) is 3. The molecule has 0 unspecified atom stereocenters. The van der Waals surface area contributed by atoms with Crippen LogP contribution in [0.25, 0.3) is 10.9 Å². The number of carbonyl (C=O) groups is 1. The fourth-order valence-corrected chi connectivity index (χ4v) is 3.18. The first-order valence-electron chi connectivity index (χ1n) is 8.49. The smallest absolute Gasteiger partial charge is 0.251 e. The Morgan fingerprint density at radius 2 is 2.04 bits per heavy atom. The van der Waals surface area contributed by atoms with E-state index in [4.69, 9.17) is 0 Å². The second kappa shape index (κ2) is 7.15. The topological polar surface area (TPSA) is 51.4 Å². The number of carbonyl (C=O) groups excluding carboxylic acids is 1. The van der Waals surface area contributed by atoms with Crippen LogP contribution in [0.1, 0.15) is 24.2 Å². The van der Waals surface area contributed by atoms with Crippen LogP contribution in [0.3, 0.4) is 0 Å². The molecule has 1 aliphatic heterocycles. The highest BCUT2D eigenvalue weighted by Crippen LogP contribution is 2.14. The number of hydrogen-bond donors (Lipinski definition) is 2. The van der Waals surface area contributed by atoms with E-state index in [2.05, 4.69) is 33.9 Å². The summed E-state index contributed by atoms with van der Waals surface area (Å²) < 4.78 is 0. The van der Waals surface area contributed by atoms with Gasteiger partial charge in [0.05, 0.1) is 0 Å². The van der Waals surface area contributed by atoms with Crippen LogP contribution in [0.4, 0.5) is 0 Å². The van der Waals surface area contributed by atoms with Crippen molar-refractivity contribution in [2.45, 2.75) is 19.9 Å². The molecule has 0 bridgehead atoms. The Labute approximate surface area is 137 Å². The number of H-pyrrole nitrogens is 1. The molecule has 2 heterocycles. The molecule has 0 saturated carbocycles. The number of nitrogens with one attached hydrogen (secondary N) is 2. The molecule has 5 heteroatoms. The molecule has 1 aromatic carbocycles. The van der Waals surface area contributed by atoms with Gasteiger partial charge in [-0.05, 0) is 37.1 Å². The molecule has 2 aromatic rings. The highest BCUT2D eigenvalue weighted by molar-refractivity contribution is 5.97. The van der Waals surface area contributed by atoms with Gasteiger partial charge >= 0.3 is 0 Å². The second-order valence-corrected chi connectivity index (χ2v) is 6.31. The summed E-state index contributed by atoms with van der Waals surface area (Å²) in [6, 6.07) is 8.15. The number of aromatic nitrogens is 1. The van der Waals surface area contributed by atoms with Crippen molar-refractivity contribution >= 4 is 16.8 Å². The molecule has 5 nitrogen and oxygen atoms in total. The fraction of sp³-hybridized carbons (Fsp3) is 0.500. The van der Waals surface area contributed by atoms with Crippen LogP contribution in [0.15, 0.2) is 30.5 Å². The number of benzene rings is 1. The Hall–Kier alpha value is -1.85. The normalized spacial score (nSPS) is 18.2. The minimum absolute atomic E-state index is 0.000504. The highest BCUT2D eigenvalue weighted by Gasteiger charge is 2.20. The van der Waals surface area contributed by atoms with Crippen LogP contribution in [-0.2, 0) is 0 Å². The highest BCUT2D eigenvalue weighted by atomic mass is 16.1. The summed E-state index contributed by atoms with van der Waals surface area (Å²) in [5, 5.41) is 4.20. The molecular formula is C18H26N4O. The molecule has 3 rings (SSSR count). The zero-order valence-corrected chi connectivity index (χ0v) is 14.0. The molecule has 0 spiro atoms. The molecule has 1 saturated heterocycles. The van der Waals surface area contributed by atoms with Crippen molar-refractivity contribution in [3.05, 3.63) is 36.0 Å². The van der Waals surface area contributed by atoms with Gasteiger partial charge in [-0.1, -0.05) is 13.0 Å². The maximum absolute atomic E-state index is 12.3. The molecule has 1 amide bonds. The quantitative estimate of drug-likeness (QED) is 0.886. The van der Waals surface area contributed by atoms with Crippen LogP contribution < -0.4 is 5.32 Å². The van der Waals surface area contributed by atoms with E-state index in [0.717, 1.165) is 43.6 Å². The first-order chi connectivity index (χ1) is 11.2. The fourth-order valence-electron chi connectivity index (χ4n) is 3.18. The Kier molecular flexibility index (Phi) is 4.98. The lowest BCUT2D eigenvalue weighted by Gasteiger charge is -2.37. The van der Waals surface area contributed by atoms with Gasteiger partial charge in [0.2, 0.25) is 0 Å². The van der Waals surface area contributed by atoms with Gasteiger partial charge < -0.3 is 15.2 Å². The van der Waals surface area contributed by atoms with Crippen molar-refractivity contribution in [1.82, 2.24) is 20.1 Å². The average molecular weight is 314 g/mol. The van der Waals surface area contributed by atoms with E-state index in [1.54, 1.807) is 0 Å². The third-order valence-electron chi connectivity index (χ3n) is 4.85. The van der Waals surface area contributed by atoms with Crippen LogP contribution in [0, 0.1) is 0 Å². The first kappa shape index (κ1) is 16.0. The molecule has 1 aliphatic rings. The zero-order valence-electron chi connectivity index (χ0n) is 14.0. The summed E-state index contributed by atoms with van der Waals surface area (Å²) in [4.78, 5) is 20.4. The van der Waals surface area contributed by atoms with E-state index < -0.39 is 0 Å². The predicted octanol–water partition coefficient (Wildman–Crippen LogP) is 1.92. The molecule has 23 heavy (non-hydrogen) atoms. The van der Waals surface area contributed by atoms with E-state index >= 15 is 0 Å². The Morgan fingerprint density at radius 3 is 2.78 bits per heavy atom. The molecule has 0 aliphatic carbocycles. The minimum atomic E-state index is 0.000504. The summed E-state index contributed by atoms with van der Waals surface area (Å²) in [5.74, 6) is 0.000504. The van der Waals surface area contributed by atoms with Crippen LogP contribution >= 0.6 is 0 Å². The Bertz CT molecular complexity index is 658. The molecule has 0 radical (unpaired) electrons. The summed E-state index contributed by atoms with van der Waals surface area (Å²) in [7, 11) is 0. The third kappa shape index (κ3) is 3.74. The lowest BCUT2D eigenvalue weighted by Crippen LogP contribution is -2.52. The third-order valence-corrected chi connectivity index (χ3v) is 4.85. The lowest BCUT2D eigenvalue weighted by atomic mass is 10.1. The van der Waals surface area contributed by atoms with Gasteiger partial charge in [0, 0.05) is 56.0 Å². The number of likely N-dealkylation sites (N-methyl/N-ethyl adjacent to an activating group) is 1. The van der Waals surface area contributed by atoms with E-state index in [0.29, 0.717) is 18.2 Å². The maximum Gasteiger partial charge on any atom is 0.251 e. The lowest BCUT2D eigenvalue weighted by molar-refractivity contribution is 0.0883. The summed E-state index contributed by atoms with van der Waals surface area (Å²) >= 11 is 0. The number of amides is 1. The van der Waals surface area contributed by atoms with E-state index in [1.165, 1.54) is 0 Å². The van der Waals surface area contributed by atoms with Gasteiger partial charge in [-0.15, -0.1) is 0 Å². The minimum Gasteiger partial charge on any atom is -0.361 e. The van der Waals surface area contributed by atoms with E-state index in [-0.39, 0.29) is 5.91 Å². The predicted molar refractivity (Wildman–Crippen MR) is 93.8 cm³/mol. The van der Waals surface area contributed by atoms with Gasteiger partial charge in [-0.2, -0.15) is 0 Å². The van der Waals surface area contributed by atoms with Gasteiger partial charge in [-0.3, -0.25) is 9.69 Å². The van der Waals surface area contributed by atoms with Crippen molar-refractivity contribution in [2.75, 3.05) is 39.3 Å². The largest absolute Gasteiger partial charge is 0.361 e. The number of piperazine rings is 1. The van der Waals surface area contributed by atoms with Gasteiger partial charge in [0.1, 0.15) is 0 Å². The summed E-state index contributed by atoms with van der Waals surface area (Å²) in [5.41, 5.74) is 1.71. The van der Waals surface area contributed by atoms with Crippen molar-refractivity contribution in [3.63, 3.8) is 0 Å². The first-order valence-corrected chi connectivity index (χ1v) is 8.49. The summed E-state index contributed by atoms with van der Waals surface area (Å²) in [6.07, 6.45) is 1.89. The van der Waals surface area contributed by atoms with Crippen molar-refractivity contribution in [3.8, 4) is 0 Å².